The summed E-state index contributed by atoms with van der Waals surface area (Å²) in [5, 5.41) is 12.7. The molecule has 0 unspecified atom stereocenters. The number of hydrogen-bond acceptors (Lipinski definition) is 7. The minimum Gasteiger partial charge on any atom is -0.368 e. The molecule has 166 valence electrons. The molecule has 1 atom stereocenters. The quantitative estimate of drug-likeness (QED) is 0.772. The van der Waals surface area contributed by atoms with Crippen LogP contribution in [0.25, 0.3) is 0 Å². The molecule has 0 aliphatic carbocycles. The molecule has 1 aromatic carbocycles. The number of benzene rings is 1. The van der Waals surface area contributed by atoms with Crippen LogP contribution in [-0.2, 0) is 9.59 Å². The molecule has 2 aliphatic rings. The molecule has 4 rings (SSSR count). The van der Waals surface area contributed by atoms with Crippen LogP contribution in [0.1, 0.15) is 26.7 Å². The number of nitriles is 1. The van der Waals surface area contributed by atoms with Gasteiger partial charge in [-0.1, -0.05) is 6.92 Å². The van der Waals surface area contributed by atoms with Crippen molar-refractivity contribution < 1.29 is 9.59 Å². The molecule has 1 N–H and O–H groups in total. The highest BCUT2D eigenvalue weighted by Crippen LogP contribution is 2.36. The Balaban J connectivity index is 1.42. The molecule has 0 bridgehead atoms. The van der Waals surface area contributed by atoms with Crippen LogP contribution in [0.5, 0.6) is 0 Å². The summed E-state index contributed by atoms with van der Waals surface area (Å²) in [6.07, 6.45) is 2.61. The van der Waals surface area contributed by atoms with Crippen molar-refractivity contribution >= 4 is 35.0 Å². The Labute approximate surface area is 187 Å². The van der Waals surface area contributed by atoms with Gasteiger partial charge in [0.15, 0.2) is 0 Å². The van der Waals surface area contributed by atoms with E-state index < -0.39 is 5.41 Å². The average molecular weight is 434 g/mol. The van der Waals surface area contributed by atoms with E-state index in [0.29, 0.717) is 31.2 Å². The third kappa shape index (κ3) is 4.08. The van der Waals surface area contributed by atoms with Crippen molar-refractivity contribution in [2.75, 3.05) is 47.8 Å². The second-order valence-corrected chi connectivity index (χ2v) is 8.16. The lowest BCUT2D eigenvalue weighted by Crippen LogP contribution is -2.48. The van der Waals surface area contributed by atoms with Crippen LogP contribution >= 0.6 is 0 Å². The lowest BCUT2D eigenvalue weighted by atomic mass is 9.85. The molecule has 2 fully saturated rings. The maximum atomic E-state index is 12.8. The normalized spacial score (nSPS) is 20.9. The first-order valence-electron chi connectivity index (χ1n) is 10.9. The van der Waals surface area contributed by atoms with Gasteiger partial charge in [0.25, 0.3) is 0 Å². The first-order chi connectivity index (χ1) is 15.5. The highest BCUT2D eigenvalue weighted by Gasteiger charge is 2.46. The highest BCUT2D eigenvalue weighted by atomic mass is 16.2. The smallest absolute Gasteiger partial charge is 0.248 e. The van der Waals surface area contributed by atoms with Crippen molar-refractivity contribution in [3.05, 3.63) is 36.5 Å². The second-order valence-electron chi connectivity index (χ2n) is 8.16. The van der Waals surface area contributed by atoms with E-state index in [1.165, 1.54) is 0 Å². The van der Waals surface area contributed by atoms with Crippen LogP contribution in [0.4, 0.5) is 23.1 Å². The maximum Gasteiger partial charge on any atom is 0.248 e. The van der Waals surface area contributed by atoms with Crippen molar-refractivity contribution in [1.82, 2.24) is 14.9 Å². The van der Waals surface area contributed by atoms with Gasteiger partial charge in [0, 0.05) is 57.2 Å². The Kier molecular flexibility index (Phi) is 5.95. The van der Waals surface area contributed by atoms with Gasteiger partial charge in [-0.2, -0.15) is 10.2 Å². The molecule has 0 spiro atoms. The Morgan fingerprint density at radius 2 is 1.88 bits per heavy atom. The number of carbonyl (C=O) groups excluding carboxylic acids is 2. The predicted molar refractivity (Wildman–Crippen MR) is 122 cm³/mol. The third-order valence-corrected chi connectivity index (χ3v) is 6.37. The van der Waals surface area contributed by atoms with Crippen LogP contribution in [-0.4, -0.2) is 59.4 Å². The summed E-state index contributed by atoms with van der Waals surface area (Å²) in [5.41, 5.74) is 0.981. The Bertz CT molecular complexity index is 1040. The topological polar surface area (TPSA) is 105 Å². The summed E-state index contributed by atoms with van der Waals surface area (Å²) in [4.78, 5) is 38.8. The van der Waals surface area contributed by atoms with Crippen molar-refractivity contribution in [3.63, 3.8) is 0 Å². The number of nitrogens with one attached hydrogen (secondary N) is 1. The van der Waals surface area contributed by atoms with E-state index >= 15 is 0 Å². The lowest BCUT2D eigenvalue weighted by molar-refractivity contribution is -0.129. The standard InChI is InChI=1S/C23H27N7O2/c1-3-23(16-24)9-11-30(21(23)32)20-8-10-25-22(27-20)26-18-4-6-19(7-5-18)29-14-12-28(13-15-29)17(2)31/h4-8,10H,3,9,11-15H2,1-2H3,(H,25,26,27)/t23-/m1/s1. The van der Waals surface area contributed by atoms with E-state index in [9.17, 15) is 14.9 Å². The molecule has 2 aromatic rings. The molecule has 9 nitrogen and oxygen atoms in total. The monoisotopic (exact) mass is 433 g/mol. The predicted octanol–water partition coefficient (Wildman–Crippen LogP) is 2.55. The van der Waals surface area contributed by atoms with Gasteiger partial charge >= 0.3 is 0 Å². The zero-order valence-electron chi connectivity index (χ0n) is 18.4. The summed E-state index contributed by atoms with van der Waals surface area (Å²) in [6.45, 7) is 7.03. The van der Waals surface area contributed by atoms with E-state index in [-0.39, 0.29) is 11.8 Å². The van der Waals surface area contributed by atoms with Gasteiger partial charge in [-0.05, 0) is 43.2 Å². The molecule has 0 saturated carbocycles. The van der Waals surface area contributed by atoms with E-state index in [4.69, 9.17) is 0 Å². The molecule has 0 radical (unpaired) electrons. The van der Waals surface area contributed by atoms with Gasteiger partial charge in [-0.25, -0.2) is 4.98 Å². The highest BCUT2D eigenvalue weighted by molar-refractivity contribution is 6.01. The minimum absolute atomic E-state index is 0.120. The number of hydrogen-bond donors (Lipinski definition) is 1. The molecule has 32 heavy (non-hydrogen) atoms. The summed E-state index contributed by atoms with van der Waals surface area (Å²) in [6, 6.07) is 11.9. The Morgan fingerprint density at radius 1 is 1.16 bits per heavy atom. The van der Waals surface area contributed by atoms with Crippen LogP contribution < -0.4 is 15.1 Å². The van der Waals surface area contributed by atoms with E-state index in [1.54, 1.807) is 24.1 Å². The summed E-state index contributed by atoms with van der Waals surface area (Å²) >= 11 is 0. The van der Waals surface area contributed by atoms with E-state index in [0.717, 1.165) is 37.6 Å². The third-order valence-electron chi connectivity index (χ3n) is 6.37. The Morgan fingerprint density at radius 3 is 2.47 bits per heavy atom. The van der Waals surface area contributed by atoms with Gasteiger partial charge in [0.05, 0.1) is 6.07 Å². The molecule has 9 heteroatoms. The van der Waals surface area contributed by atoms with Crippen LogP contribution in [0, 0.1) is 16.7 Å². The van der Waals surface area contributed by atoms with Crippen LogP contribution in [0.2, 0.25) is 0 Å². The fourth-order valence-electron chi connectivity index (χ4n) is 4.22. The largest absolute Gasteiger partial charge is 0.368 e. The fourth-order valence-corrected chi connectivity index (χ4v) is 4.22. The second kappa shape index (κ2) is 8.83. The fraction of sp³-hybridized carbons (Fsp3) is 0.435. The molecule has 2 amide bonds. The SMILES string of the molecule is CC[C@]1(C#N)CCN(c2ccnc(Nc3ccc(N4CCN(C(C)=O)CC4)cc3)n2)C1=O. The lowest BCUT2D eigenvalue weighted by Gasteiger charge is -2.35. The molecular formula is C23H27N7O2. The van der Waals surface area contributed by atoms with E-state index in [2.05, 4.69) is 26.3 Å². The number of carbonyl (C=O) groups is 2. The summed E-state index contributed by atoms with van der Waals surface area (Å²) in [7, 11) is 0. The number of rotatable bonds is 5. The molecular weight excluding hydrogens is 406 g/mol. The minimum atomic E-state index is -0.954. The molecule has 2 saturated heterocycles. The molecule has 1 aromatic heterocycles. The average Bonchev–Trinajstić information content (AvgIpc) is 3.16. The van der Waals surface area contributed by atoms with Gasteiger partial charge in [-0.15, -0.1) is 0 Å². The zero-order valence-corrected chi connectivity index (χ0v) is 18.4. The summed E-state index contributed by atoms with van der Waals surface area (Å²) in [5.74, 6) is 0.818. The van der Waals surface area contributed by atoms with Crippen molar-refractivity contribution in [3.8, 4) is 6.07 Å². The molecule has 2 aliphatic heterocycles. The van der Waals surface area contributed by atoms with Crippen molar-refractivity contribution in [1.29, 1.82) is 5.26 Å². The van der Waals surface area contributed by atoms with Gasteiger partial charge in [-0.3, -0.25) is 14.5 Å². The number of anilines is 4. The summed E-state index contributed by atoms with van der Waals surface area (Å²) < 4.78 is 0. The van der Waals surface area contributed by atoms with Gasteiger partial charge < -0.3 is 15.1 Å². The number of nitrogens with zero attached hydrogens (tertiary/aromatic N) is 6. The zero-order chi connectivity index (χ0) is 22.7. The number of piperazine rings is 1. The Hall–Kier alpha value is -3.67. The first-order valence-corrected chi connectivity index (χ1v) is 10.9. The molecule has 3 heterocycles. The van der Waals surface area contributed by atoms with Crippen LogP contribution in [0.3, 0.4) is 0 Å². The van der Waals surface area contributed by atoms with Crippen LogP contribution in [0.15, 0.2) is 36.5 Å². The first kappa shape index (κ1) is 21.6. The van der Waals surface area contributed by atoms with Gasteiger partial charge in [0.1, 0.15) is 11.2 Å². The van der Waals surface area contributed by atoms with Crippen molar-refractivity contribution in [2.45, 2.75) is 26.7 Å². The maximum absolute atomic E-state index is 12.8. The number of amides is 2. The van der Waals surface area contributed by atoms with E-state index in [1.807, 2.05) is 36.1 Å². The van der Waals surface area contributed by atoms with Crippen molar-refractivity contribution in [2.24, 2.45) is 5.41 Å². The number of aromatic nitrogens is 2. The van der Waals surface area contributed by atoms with Gasteiger partial charge in [0.2, 0.25) is 17.8 Å².